The van der Waals surface area contributed by atoms with Gasteiger partial charge in [0.25, 0.3) is 0 Å². The molecule has 1 saturated carbocycles. The van der Waals surface area contributed by atoms with Gasteiger partial charge in [0.05, 0.1) is 12.3 Å². The van der Waals surface area contributed by atoms with Crippen LogP contribution in [0.15, 0.2) is 18.2 Å². The summed E-state index contributed by atoms with van der Waals surface area (Å²) in [7, 11) is 0. The van der Waals surface area contributed by atoms with E-state index in [1.165, 1.54) is 19.3 Å². The summed E-state index contributed by atoms with van der Waals surface area (Å²) in [4.78, 5) is 12.4. The number of ketones is 1. The molecule has 0 atom stereocenters. The number of carbonyl (C=O) groups is 1. The van der Waals surface area contributed by atoms with E-state index in [2.05, 4.69) is 6.92 Å². The molecule has 0 saturated heterocycles. The monoisotopic (exact) mass is 261 g/mol. The Morgan fingerprint density at radius 2 is 2.05 bits per heavy atom. The Labute approximate surface area is 115 Å². The Bertz CT molecular complexity index is 436. The van der Waals surface area contributed by atoms with Gasteiger partial charge in [-0.2, -0.15) is 0 Å². The molecule has 0 aromatic heterocycles. The minimum absolute atomic E-state index is 0.190. The molecule has 0 amide bonds. The standard InChI is InChI=1S/C16H23NO2/c1-2-10-19-15-9-8-13(11-14(15)17)16(18)12-6-4-3-5-7-12/h8-9,11-12H,2-7,10,17H2,1H3. The van der Waals surface area contributed by atoms with E-state index < -0.39 is 0 Å². The van der Waals surface area contributed by atoms with Crippen LogP contribution in [0.25, 0.3) is 0 Å². The molecule has 1 fully saturated rings. The Morgan fingerprint density at radius 1 is 1.32 bits per heavy atom. The average molecular weight is 261 g/mol. The van der Waals surface area contributed by atoms with Crippen LogP contribution < -0.4 is 10.5 Å². The molecule has 104 valence electrons. The van der Waals surface area contributed by atoms with E-state index in [9.17, 15) is 4.79 Å². The van der Waals surface area contributed by atoms with Crippen molar-refractivity contribution in [3.05, 3.63) is 23.8 Å². The van der Waals surface area contributed by atoms with Gasteiger partial charge < -0.3 is 10.5 Å². The quantitative estimate of drug-likeness (QED) is 0.647. The highest BCUT2D eigenvalue weighted by molar-refractivity contribution is 5.98. The van der Waals surface area contributed by atoms with Crippen LogP contribution in [0.4, 0.5) is 5.69 Å². The predicted molar refractivity (Wildman–Crippen MR) is 77.5 cm³/mol. The predicted octanol–water partition coefficient (Wildman–Crippen LogP) is 3.82. The first-order valence-electron chi connectivity index (χ1n) is 7.29. The Kier molecular flexibility index (Phi) is 4.83. The molecule has 0 bridgehead atoms. The van der Waals surface area contributed by atoms with Gasteiger partial charge in [-0.05, 0) is 37.5 Å². The minimum Gasteiger partial charge on any atom is -0.491 e. The number of ether oxygens (including phenoxy) is 1. The van der Waals surface area contributed by atoms with Crippen molar-refractivity contribution in [2.24, 2.45) is 5.92 Å². The fourth-order valence-corrected chi connectivity index (χ4v) is 2.65. The van der Waals surface area contributed by atoms with Crippen LogP contribution in [0.3, 0.4) is 0 Å². The second-order valence-corrected chi connectivity index (χ2v) is 5.30. The molecule has 3 nitrogen and oxygen atoms in total. The number of Topliss-reactive ketones (excluding diaryl/α,β-unsaturated/α-hetero) is 1. The van der Waals surface area contributed by atoms with Crippen LogP contribution in [0, 0.1) is 5.92 Å². The van der Waals surface area contributed by atoms with Gasteiger partial charge in [0.15, 0.2) is 5.78 Å². The molecule has 19 heavy (non-hydrogen) atoms. The van der Waals surface area contributed by atoms with Gasteiger partial charge in [-0.25, -0.2) is 0 Å². The summed E-state index contributed by atoms with van der Waals surface area (Å²) >= 11 is 0. The molecule has 1 aromatic rings. The molecule has 1 aliphatic carbocycles. The van der Waals surface area contributed by atoms with Crippen molar-refractivity contribution in [2.45, 2.75) is 45.4 Å². The molecule has 0 aliphatic heterocycles. The van der Waals surface area contributed by atoms with Gasteiger partial charge >= 0.3 is 0 Å². The highest BCUT2D eigenvalue weighted by atomic mass is 16.5. The molecule has 3 heteroatoms. The Balaban J connectivity index is 2.07. The molecule has 1 aromatic carbocycles. The summed E-state index contributed by atoms with van der Waals surface area (Å²) in [5.74, 6) is 1.12. The van der Waals surface area contributed by atoms with Gasteiger partial charge in [0.1, 0.15) is 5.75 Å². The maximum Gasteiger partial charge on any atom is 0.166 e. The van der Waals surface area contributed by atoms with Crippen molar-refractivity contribution >= 4 is 11.5 Å². The number of benzene rings is 1. The van der Waals surface area contributed by atoms with E-state index in [0.717, 1.165) is 24.8 Å². The number of hydrogen-bond donors (Lipinski definition) is 1. The smallest absolute Gasteiger partial charge is 0.166 e. The zero-order chi connectivity index (χ0) is 13.7. The Morgan fingerprint density at radius 3 is 2.68 bits per heavy atom. The number of nitrogen functional groups attached to an aromatic ring is 1. The lowest BCUT2D eigenvalue weighted by Crippen LogP contribution is -2.18. The lowest BCUT2D eigenvalue weighted by atomic mass is 9.84. The molecular formula is C16H23NO2. The van der Waals surface area contributed by atoms with Crippen LogP contribution in [0.2, 0.25) is 0 Å². The molecule has 2 N–H and O–H groups in total. The van der Waals surface area contributed by atoms with Crippen molar-refractivity contribution in [1.29, 1.82) is 0 Å². The van der Waals surface area contributed by atoms with Gasteiger partial charge in [-0.1, -0.05) is 26.2 Å². The van der Waals surface area contributed by atoms with E-state index in [0.29, 0.717) is 18.0 Å². The van der Waals surface area contributed by atoms with E-state index in [-0.39, 0.29) is 11.7 Å². The second-order valence-electron chi connectivity index (χ2n) is 5.30. The zero-order valence-electron chi connectivity index (χ0n) is 11.7. The van der Waals surface area contributed by atoms with E-state index >= 15 is 0 Å². The van der Waals surface area contributed by atoms with Crippen LogP contribution in [-0.2, 0) is 0 Å². The maximum atomic E-state index is 12.4. The molecule has 0 radical (unpaired) electrons. The SMILES string of the molecule is CCCOc1ccc(C(=O)C2CCCCC2)cc1N. The van der Waals surface area contributed by atoms with Gasteiger partial charge in [0.2, 0.25) is 0 Å². The largest absolute Gasteiger partial charge is 0.491 e. The number of nitrogens with two attached hydrogens (primary N) is 1. The van der Waals surface area contributed by atoms with Crippen molar-refractivity contribution in [1.82, 2.24) is 0 Å². The third-order valence-corrected chi connectivity index (χ3v) is 3.73. The highest BCUT2D eigenvalue weighted by Crippen LogP contribution is 2.29. The first-order valence-corrected chi connectivity index (χ1v) is 7.29. The lowest BCUT2D eigenvalue weighted by molar-refractivity contribution is 0.0889. The van der Waals surface area contributed by atoms with E-state index in [1.807, 2.05) is 12.1 Å². The van der Waals surface area contributed by atoms with Crippen LogP contribution in [-0.4, -0.2) is 12.4 Å². The zero-order valence-corrected chi connectivity index (χ0v) is 11.7. The van der Waals surface area contributed by atoms with E-state index in [4.69, 9.17) is 10.5 Å². The van der Waals surface area contributed by atoms with Crippen molar-refractivity contribution in [2.75, 3.05) is 12.3 Å². The molecule has 1 aliphatic rings. The molecule has 2 rings (SSSR count). The van der Waals surface area contributed by atoms with Crippen molar-refractivity contribution < 1.29 is 9.53 Å². The number of hydrogen-bond acceptors (Lipinski definition) is 3. The van der Waals surface area contributed by atoms with Gasteiger partial charge in [-0.3, -0.25) is 4.79 Å². The van der Waals surface area contributed by atoms with E-state index in [1.54, 1.807) is 6.07 Å². The summed E-state index contributed by atoms with van der Waals surface area (Å²) in [6.07, 6.45) is 6.59. The highest BCUT2D eigenvalue weighted by Gasteiger charge is 2.22. The summed E-state index contributed by atoms with van der Waals surface area (Å²) in [5, 5.41) is 0. The number of carbonyl (C=O) groups excluding carboxylic acids is 1. The summed E-state index contributed by atoms with van der Waals surface area (Å²) in [5.41, 5.74) is 7.25. The fourth-order valence-electron chi connectivity index (χ4n) is 2.65. The number of rotatable bonds is 5. The van der Waals surface area contributed by atoms with Crippen molar-refractivity contribution in [3.63, 3.8) is 0 Å². The topological polar surface area (TPSA) is 52.3 Å². The average Bonchev–Trinajstić information content (AvgIpc) is 2.46. The van der Waals surface area contributed by atoms with Crippen LogP contribution in [0.5, 0.6) is 5.75 Å². The third kappa shape index (κ3) is 3.49. The van der Waals surface area contributed by atoms with Gasteiger partial charge in [0, 0.05) is 11.5 Å². The molecular weight excluding hydrogens is 238 g/mol. The van der Waals surface area contributed by atoms with Crippen LogP contribution in [0.1, 0.15) is 55.8 Å². The third-order valence-electron chi connectivity index (χ3n) is 3.73. The molecule has 0 spiro atoms. The maximum absolute atomic E-state index is 12.4. The molecule has 0 unspecified atom stereocenters. The fraction of sp³-hybridized carbons (Fsp3) is 0.562. The first kappa shape index (κ1) is 13.9. The molecule has 0 heterocycles. The summed E-state index contributed by atoms with van der Waals surface area (Å²) in [6.45, 7) is 2.71. The van der Waals surface area contributed by atoms with Crippen molar-refractivity contribution in [3.8, 4) is 5.75 Å². The number of anilines is 1. The lowest BCUT2D eigenvalue weighted by Gasteiger charge is -2.20. The Hall–Kier alpha value is -1.51. The second kappa shape index (κ2) is 6.60. The summed E-state index contributed by atoms with van der Waals surface area (Å²) < 4.78 is 5.53. The minimum atomic E-state index is 0.190. The normalized spacial score (nSPS) is 16.3. The van der Waals surface area contributed by atoms with Crippen LogP contribution >= 0.6 is 0 Å². The summed E-state index contributed by atoms with van der Waals surface area (Å²) in [6, 6.07) is 5.43. The first-order chi connectivity index (χ1) is 9.22. The van der Waals surface area contributed by atoms with Gasteiger partial charge in [-0.15, -0.1) is 0 Å².